The quantitative estimate of drug-likeness (QED) is 0.749. The maximum atomic E-state index is 12.2. The van der Waals surface area contributed by atoms with Crippen LogP contribution in [0.5, 0.6) is 11.5 Å². The number of hydrazine groups is 1. The summed E-state index contributed by atoms with van der Waals surface area (Å²) in [5.74, 6) is 0.588. The zero-order valence-electron chi connectivity index (χ0n) is 17.1. The number of methoxy groups -OCH3 is 2. The maximum Gasteiger partial charge on any atom is 0.269 e. The second kappa shape index (κ2) is 9.26. The van der Waals surface area contributed by atoms with Crippen molar-refractivity contribution < 1.29 is 19.1 Å². The van der Waals surface area contributed by atoms with Crippen LogP contribution in [0.15, 0.2) is 42.5 Å². The van der Waals surface area contributed by atoms with E-state index >= 15 is 0 Å². The standard InChI is InChI=1S/C22H28N2O4/c1-22(2,3)17-12-9-16(10-13-17)21(26)24-23-19(25)14-11-15-7-6-8-18(27-4)20(15)28-5/h6-10,12-13H,11,14H2,1-5H3,(H,23,25)(H,24,26). The number of amides is 2. The summed E-state index contributed by atoms with van der Waals surface area (Å²) >= 11 is 0. The van der Waals surface area contributed by atoms with Crippen LogP contribution >= 0.6 is 0 Å². The van der Waals surface area contributed by atoms with Crippen molar-refractivity contribution in [3.05, 3.63) is 59.2 Å². The van der Waals surface area contributed by atoms with Gasteiger partial charge in [0.2, 0.25) is 5.91 Å². The molecule has 0 radical (unpaired) electrons. The number of para-hydroxylation sites is 1. The highest BCUT2D eigenvalue weighted by atomic mass is 16.5. The number of ether oxygens (including phenoxy) is 2. The minimum absolute atomic E-state index is 0.0183. The predicted molar refractivity (Wildman–Crippen MR) is 109 cm³/mol. The van der Waals surface area contributed by atoms with Crippen LogP contribution < -0.4 is 20.3 Å². The van der Waals surface area contributed by atoms with E-state index in [9.17, 15) is 9.59 Å². The lowest BCUT2D eigenvalue weighted by Crippen LogP contribution is -2.41. The number of benzene rings is 2. The normalized spacial score (nSPS) is 10.9. The molecule has 0 aromatic heterocycles. The molecule has 6 heteroatoms. The van der Waals surface area contributed by atoms with Gasteiger partial charge in [0.25, 0.3) is 5.91 Å². The van der Waals surface area contributed by atoms with Gasteiger partial charge >= 0.3 is 0 Å². The second-order valence-corrected chi connectivity index (χ2v) is 7.48. The fraction of sp³-hybridized carbons (Fsp3) is 0.364. The molecular weight excluding hydrogens is 356 g/mol. The van der Waals surface area contributed by atoms with Crippen LogP contribution in [0.2, 0.25) is 0 Å². The van der Waals surface area contributed by atoms with Crippen LogP contribution in [-0.4, -0.2) is 26.0 Å². The van der Waals surface area contributed by atoms with E-state index < -0.39 is 0 Å². The summed E-state index contributed by atoms with van der Waals surface area (Å²) < 4.78 is 10.6. The van der Waals surface area contributed by atoms with Crippen molar-refractivity contribution in [3.8, 4) is 11.5 Å². The molecule has 2 aromatic rings. The van der Waals surface area contributed by atoms with Gasteiger partial charge in [0, 0.05) is 12.0 Å². The third kappa shape index (κ3) is 5.49. The summed E-state index contributed by atoms with van der Waals surface area (Å²) in [6, 6.07) is 12.9. The van der Waals surface area contributed by atoms with E-state index in [2.05, 4.69) is 31.6 Å². The number of nitrogens with one attached hydrogen (secondary N) is 2. The Morgan fingerprint density at radius 2 is 1.61 bits per heavy atom. The minimum Gasteiger partial charge on any atom is -0.493 e. The lowest BCUT2D eigenvalue weighted by Gasteiger charge is -2.19. The zero-order chi connectivity index (χ0) is 20.7. The van der Waals surface area contributed by atoms with E-state index in [0.29, 0.717) is 23.5 Å². The average Bonchev–Trinajstić information content (AvgIpc) is 2.69. The predicted octanol–water partition coefficient (Wildman–Crippen LogP) is 3.40. The van der Waals surface area contributed by atoms with Gasteiger partial charge in [-0.05, 0) is 41.2 Å². The van der Waals surface area contributed by atoms with E-state index in [1.807, 2.05) is 24.3 Å². The smallest absolute Gasteiger partial charge is 0.269 e. The number of carbonyl (C=O) groups excluding carboxylic acids is 2. The van der Waals surface area contributed by atoms with E-state index in [1.165, 1.54) is 0 Å². The first-order chi connectivity index (χ1) is 13.3. The molecule has 0 saturated heterocycles. The van der Waals surface area contributed by atoms with E-state index in [0.717, 1.165) is 11.1 Å². The SMILES string of the molecule is COc1cccc(CCC(=O)NNC(=O)c2ccc(C(C)(C)C)cc2)c1OC. The van der Waals surface area contributed by atoms with Crippen LogP contribution in [0, 0.1) is 0 Å². The molecule has 0 aliphatic rings. The van der Waals surface area contributed by atoms with Crippen molar-refractivity contribution in [2.75, 3.05) is 14.2 Å². The summed E-state index contributed by atoms with van der Waals surface area (Å²) in [7, 11) is 3.13. The molecule has 0 bridgehead atoms. The molecule has 0 aliphatic carbocycles. The van der Waals surface area contributed by atoms with Gasteiger partial charge in [0.05, 0.1) is 14.2 Å². The molecule has 2 rings (SSSR count). The van der Waals surface area contributed by atoms with Crippen molar-refractivity contribution in [2.24, 2.45) is 0 Å². The summed E-state index contributed by atoms with van der Waals surface area (Å²) in [5, 5.41) is 0. The monoisotopic (exact) mass is 384 g/mol. The van der Waals surface area contributed by atoms with Crippen molar-refractivity contribution >= 4 is 11.8 Å². The van der Waals surface area contributed by atoms with E-state index in [-0.39, 0.29) is 23.7 Å². The van der Waals surface area contributed by atoms with Crippen molar-refractivity contribution in [2.45, 2.75) is 39.0 Å². The van der Waals surface area contributed by atoms with Gasteiger partial charge in [-0.15, -0.1) is 0 Å². The van der Waals surface area contributed by atoms with Crippen molar-refractivity contribution in [1.29, 1.82) is 0 Å². The van der Waals surface area contributed by atoms with E-state index in [4.69, 9.17) is 9.47 Å². The van der Waals surface area contributed by atoms with Gasteiger partial charge < -0.3 is 9.47 Å². The first kappa shape index (κ1) is 21.3. The first-order valence-corrected chi connectivity index (χ1v) is 9.16. The Labute approximate surface area is 166 Å². The molecule has 2 amide bonds. The Bertz CT molecular complexity index is 823. The van der Waals surface area contributed by atoms with Crippen LogP contribution in [-0.2, 0) is 16.6 Å². The molecule has 2 N–H and O–H groups in total. The third-order valence-corrected chi connectivity index (χ3v) is 4.43. The number of hydrogen-bond acceptors (Lipinski definition) is 4. The number of aryl methyl sites for hydroxylation is 1. The summed E-state index contributed by atoms with van der Waals surface area (Å²) in [6.07, 6.45) is 0.662. The lowest BCUT2D eigenvalue weighted by atomic mass is 9.87. The molecule has 0 atom stereocenters. The summed E-state index contributed by atoms with van der Waals surface area (Å²) in [5.41, 5.74) is 7.41. The molecule has 0 unspecified atom stereocenters. The molecule has 28 heavy (non-hydrogen) atoms. The van der Waals surface area contributed by atoms with Gasteiger partial charge in [0.1, 0.15) is 0 Å². The molecule has 0 aliphatic heterocycles. The Balaban J connectivity index is 1.88. The summed E-state index contributed by atoms with van der Waals surface area (Å²) in [4.78, 5) is 24.3. The highest BCUT2D eigenvalue weighted by Gasteiger charge is 2.15. The van der Waals surface area contributed by atoms with Crippen LogP contribution in [0.3, 0.4) is 0 Å². The number of hydrogen-bond donors (Lipinski definition) is 2. The van der Waals surface area contributed by atoms with Gasteiger partial charge in [-0.3, -0.25) is 20.4 Å². The van der Waals surface area contributed by atoms with Gasteiger partial charge in [0.15, 0.2) is 11.5 Å². The van der Waals surface area contributed by atoms with Gasteiger partial charge in [-0.25, -0.2) is 0 Å². The highest BCUT2D eigenvalue weighted by Crippen LogP contribution is 2.31. The van der Waals surface area contributed by atoms with Crippen LogP contribution in [0.4, 0.5) is 0 Å². The van der Waals surface area contributed by atoms with Crippen molar-refractivity contribution in [3.63, 3.8) is 0 Å². The Hall–Kier alpha value is -3.02. The maximum absolute atomic E-state index is 12.2. The molecule has 0 saturated carbocycles. The molecule has 2 aromatic carbocycles. The molecule has 0 heterocycles. The lowest BCUT2D eigenvalue weighted by molar-refractivity contribution is -0.121. The minimum atomic E-state index is -0.354. The van der Waals surface area contributed by atoms with Crippen LogP contribution in [0.1, 0.15) is 48.7 Å². The van der Waals surface area contributed by atoms with Gasteiger partial charge in [-0.1, -0.05) is 45.0 Å². The largest absolute Gasteiger partial charge is 0.493 e. The average molecular weight is 384 g/mol. The molecule has 6 nitrogen and oxygen atoms in total. The van der Waals surface area contributed by atoms with E-state index in [1.54, 1.807) is 32.4 Å². The topological polar surface area (TPSA) is 76.7 Å². The molecular formula is C22H28N2O4. The fourth-order valence-corrected chi connectivity index (χ4v) is 2.78. The number of rotatable bonds is 6. The third-order valence-electron chi connectivity index (χ3n) is 4.43. The van der Waals surface area contributed by atoms with Gasteiger partial charge in [-0.2, -0.15) is 0 Å². The molecule has 0 fully saturated rings. The number of carbonyl (C=O) groups is 2. The second-order valence-electron chi connectivity index (χ2n) is 7.48. The Morgan fingerprint density at radius 3 is 2.18 bits per heavy atom. The Morgan fingerprint density at radius 1 is 0.929 bits per heavy atom. The first-order valence-electron chi connectivity index (χ1n) is 9.16. The highest BCUT2D eigenvalue weighted by molar-refractivity contribution is 5.95. The molecule has 0 spiro atoms. The Kier molecular flexibility index (Phi) is 7.04. The van der Waals surface area contributed by atoms with Crippen LogP contribution in [0.25, 0.3) is 0 Å². The summed E-state index contributed by atoms with van der Waals surface area (Å²) in [6.45, 7) is 6.33. The molecule has 150 valence electrons. The zero-order valence-corrected chi connectivity index (χ0v) is 17.1. The fourth-order valence-electron chi connectivity index (χ4n) is 2.78. The van der Waals surface area contributed by atoms with Crippen molar-refractivity contribution in [1.82, 2.24) is 10.9 Å².